The Kier molecular flexibility index (Phi) is 6.04. The number of tetrazole rings is 1. The van der Waals surface area contributed by atoms with Crippen molar-refractivity contribution in [2.75, 3.05) is 19.4 Å². The van der Waals surface area contributed by atoms with E-state index < -0.39 is 0 Å². The molecule has 0 saturated heterocycles. The number of nitrogens with zero attached hydrogens (tertiary/aromatic N) is 4. The lowest BCUT2D eigenvalue weighted by Gasteiger charge is -2.33. The number of methoxy groups -OCH3 is 1. The molecule has 0 amide bonds. The van der Waals surface area contributed by atoms with Gasteiger partial charge in [-0.2, -0.15) is 0 Å². The smallest absolute Gasteiger partial charge is 0.209 e. The van der Waals surface area contributed by atoms with Gasteiger partial charge in [0.25, 0.3) is 0 Å². The first-order chi connectivity index (χ1) is 8.51. The first kappa shape index (κ1) is 15.4. The fourth-order valence-corrected chi connectivity index (χ4v) is 2.62. The molecule has 1 unspecified atom stereocenters. The molecule has 0 bridgehead atoms. The number of hydrogen-bond acceptors (Lipinski definition) is 6. The van der Waals surface area contributed by atoms with E-state index in [-0.39, 0.29) is 11.6 Å². The van der Waals surface area contributed by atoms with Crippen LogP contribution in [0.1, 0.15) is 27.2 Å². The van der Waals surface area contributed by atoms with Gasteiger partial charge < -0.3 is 10.1 Å². The summed E-state index contributed by atoms with van der Waals surface area (Å²) in [6.07, 6.45) is 1.10. The Balaban J connectivity index is 2.58. The number of aromatic nitrogens is 4. The molecule has 1 aromatic heterocycles. The maximum atomic E-state index is 5.56. The van der Waals surface area contributed by atoms with E-state index in [9.17, 15) is 0 Å². The molecule has 0 aliphatic rings. The lowest BCUT2D eigenvalue weighted by Crippen LogP contribution is -2.50. The Bertz CT molecular complexity index is 355. The number of hydrogen-bond donors (Lipinski definition) is 1. The molecule has 0 aliphatic carbocycles. The van der Waals surface area contributed by atoms with E-state index in [0.29, 0.717) is 0 Å². The summed E-state index contributed by atoms with van der Waals surface area (Å²) in [4.78, 5) is 0. The molecule has 1 N–H and O–H groups in total. The fourth-order valence-electron chi connectivity index (χ4n) is 1.47. The highest BCUT2D eigenvalue weighted by molar-refractivity contribution is 7.99. The first-order valence-corrected chi connectivity index (χ1v) is 7.13. The van der Waals surface area contributed by atoms with E-state index in [1.54, 1.807) is 23.6 Å². The van der Waals surface area contributed by atoms with Crippen molar-refractivity contribution in [2.45, 2.75) is 44.0 Å². The topological polar surface area (TPSA) is 64.9 Å². The highest BCUT2D eigenvalue weighted by Crippen LogP contribution is 2.21. The van der Waals surface area contributed by atoms with Gasteiger partial charge in [0.05, 0.1) is 5.60 Å². The Morgan fingerprint density at radius 2 is 2.22 bits per heavy atom. The Hall–Kier alpha value is -0.660. The summed E-state index contributed by atoms with van der Waals surface area (Å²) < 4.78 is 7.24. The van der Waals surface area contributed by atoms with Gasteiger partial charge >= 0.3 is 0 Å². The van der Waals surface area contributed by atoms with Gasteiger partial charge in [-0.1, -0.05) is 18.7 Å². The SMILES string of the molecule is CCCNC(CSc1nnnn1C)C(C)(C)OC. The maximum absolute atomic E-state index is 5.56. The van der Waals surface area contributed by atoms with Crippen molar-refractivity contribution >= 4 is 11.8 Å². The predicted octanol–water partition coefficient (Wildman–Crippen LogP) is 1.10. The maximum Gasteiger partial charge on any atom is 0.209 e. The first-order valence-electron chi connectivity index (χ1n) is 6.15. The predicted molar refractivity (Wildman–Crippen MR) is 72.7 cm³/mol. The van der Waals surface area contributed by atoms with Crippen molar-refractivity contribution in [3.63, 3.8) is 0 Å². The van der Waals surface area contributed by atoms with Crippen LogP contribution in [0.5, 0.6) is 0 Å². The van der Waals surface area contributed by atoms with Crippen LogP contribution < -0.4 is 5.32 Å². The molecule has 1 heterocycles. The van der Waals surface area contributed by atoms with Gasteiger partial charge in [-0.25, -0.2) is 4.68 Å². The van der Waals surface area contributed by atoms with Crippen molar-refractivity contribution in [3.05, 3.63) is 0 Å². The molecule has 1 rings (SSSR count). The standard InChI is InChI=1S/C11H23N5OS/c1-6-7-12-9(11(2,3)17-5)8-18-10-13-14-15-16(10)4/h9,12H,6-8H2,1-5H3. The number of aryl methyl sites for hydroxylation is 1. The molecule has 6 nitrogen and oxygen atoms in total. The quantitative estimate of drug-likeness (QED) is 0.715. The highest BCUT2D eigenvalue weighted by Gasteiger charge is 2.29. The molecule has 7 heteroatoms. The molecule has 0 radical (unpaired) electrons. The van der Waals surface area contributed by atoms with Gasteiger partial charge in [0.1, 0.15) is 0 Å². The van der Waals surface area contributed by atoms with Crippen LogP contribution in [0.4, 0.5) is 0 Å². The third kappa shape index (κ3) is 4.22. The zero-order chi connectivity index (χ0) is 13.6. The number of ether oxygens (including phenoxy) is 1. The van der Waals surface area contributed by atoms with Crippen LogP contribution >= 0.6 is 11.8 Å². The van der Waals surface area contributed by atoms with Crippen molar-refractivity contribution in [3.8, 4) is 0 Å². The summed E-state index contributed by atoms with van der Waals surface area (Å²) in [5.41, 5.74) is -0.214. The van der Waals surface area contributed by atoms with Gasteiger partial charge in [0, 0.05) is 26.0 Å². The molecule has 18 heavy (non-hydrogen) atoms. The molecule has 0 aliphatic heterocycles. The fraction of sp³-hybridized carbons (Fsp3) is 0.909. The average molecular weight is 273 g/mol. The van der Waals surface area contributed by atoms with E-state index in [1.807, 2.05) is 7.05 Å². The van der Waals surface area contributed by atoms with Crippen LogP contribution in [0.2, 0.25) is 0 Å². The van der Waals surface area contributed by atoms with Crippen molar-refractivity contribution in [2.24, 2.45) is 7.05 Å². The van der Waals surface area contributed by atoms with Crippen molar-refractivity contribution in [1.82, 2.24) is 25.5 Å². The molecular weight excluding hydrogens is 250 g/mol. The average Bonchev–Trinajstić information content (AvgIpc) is 2.75. The summed E-state index contributed by atoms with van der Waals surface area (Å²) in [6, 6.07) is 0.254. The molecule has 1 aromatic rings. The largest absolute Gasteiger partial charge is 0.377 e. The van der Waals surface area contributed by atoms with Crippen LogP contribution in [-0.2, 0) is 11.8 Å². The summed E-state index contributed by atoms with van der Waals surface area (Å²) in [7, 11) is 3.59. The number of rotatable bonds is 8. The Morgan fingerprint density at radius 1 is 1.50 bits per heavy atom. The second kappa shape index (κ2) is 7.06. The van der Waals surface area contributed by atoms with Gasteiger partial charge in [-0.15, -0.1) is 5.10 Å². The zero-order valence-electron chi connectivity index (χ0n) is 11.8. The van der Waals surface area contributed by atoms with Crippen LogP contribution in [0.15, 0.2) is 5.16 Å². The second-order valence-electron chi connectivity index (χ2n) is 4.71. The van der Waals surface area contributed by atoms with E-state index in [4.69, 9.17) is 4.74 Å². The van der Waals surface area contributed by atoms with Gasteiger partial charge in [-0.3, -0.25) is 0 Å². The van der Waals surface area contributed by atoms with E-state index >= 15 is 0 Å². The van der Waals surface area contributed by atoms with Crippen molar-refractivity contribution in [1.29, 1.82) is 0 Å². The second-order valence-corrected chi connectivity index (χ2v) is 5.70. The number of nitrogens with one attached hydrogen (secondary N) is 1. The minimum Gasteiger partial charge on any atom is -0.377 e. The number of thioether (sulfide) groups is 1. The monoisotopic (exact) mass is 273 g/mol. The normalized spacial score (nSPS) is 13.8. The molecule has 0 fully saturated rings. The highest BCUT2D eigenvalue weighted by atomic mass is 32.2. The molecular formula is C11H23N5OS. The lowest BCUT2D eigenvalue weighted by molar-refractivity contribution is -0.00347. The van der Waals surface area contributed by atoms with Gasteiger partial charge in [-0.05, 0) is 37.2 Å². The molecule has 104 valence electrons. The van der Waals surface area contributed by atoms with Gasteiger partial charge in [0.2, 0.25) is 5.16 Å². The van der Waals surface area contributed by atoms with Crippen LogP contribution in [0.25, 0.3) is 0 Å². The summed E-state index contributed by atoms with van der Waals surface area (Å²) >= 11 is 1.64. The third-order valence-electron chi connectivity index (χ3n) is 2.97. The summed E-state index contributed by atoms with van der Waals surface area (Å²) in [6.45, 7) is 7.32. The van der Waals surface area contributed by atoms with E-state index in [2.05, 4.69) is 41.6 Å². The molecule has 0 spiro atoms. The van der Waals surface area contributed by atoms with Crippen molar-refractivity contribution < 1.29 is 4.74 Å². The Labute approximate surface area is 113 Å². The molecule has 0 saturated carbocycles. The third-order valence-corrected chi connectivity index (χ3v) is 4.07. The minimum absolute atomic E-state index is 0.214. The van der Waals surface area contributed by atoms with Gasteiger partial charge in [0.15, 0.2) is 0 Å². The summed E-state index contributed by atoms with van der Waals surface area (Å²) in [5.74, 6) is 0.870. The molecule has 0 aromatic carbocycles. The lowest BCUT2D eigenvalue weighted by atomic mass is 10.0. The van der Waals surface area contributed by atoms with Crippen LogP contribution in [0.3, 0.4) is 0 Å². The minimum atomic E-state index is -0.214. The Morgan fingerprint density at radius 3 is 2.72 bits per heavy atom. The zero-order valence-corrected chi connectivity index (χ0v) is 12.6. The van der Waals surface area contributed by atoms with Crippen LogP contribution in [0, 0.1) is 0 Å². The van der Waals surface area contributed by atoms with Crippen LogP contribution in [-0.4, -0.2) is 51.3 Å². The molecule has 1 atom stereocenters. The van der Waals surface area contributed by atoms with E-state index in [1.165, 1.54) is 0 Å². The van der Waals surface area contributed by atoms with E-state index in [0.717, 1.165) is 23.9 Å². The summed E-state index contributed by atoms with van der Waals surface area (Å²) in [5, 5.41) is 15.8.